The predicted octanol–water partition coefficient (Wildman–Crippen LogP) is 3.32. The Morgan fingerprint density at radius 3 is 2.77 bits per heavy atom. The lowest BCUT2D eigenvalue weighted by atomic mass is 10.1. The molecule has 1 atom stereocenters. The van der Waals surface area contributed by atoms with Gasteiger partial charge in [0.2, 0.25) is 0 Å². The van der Waals surface area contributed by atoms with E-state index in [2.05, 4.69) is 0 Å². The zero-order valence-corrected chi connectivity index (χ0v) is 8.81. The van der Waals surface area contributed by atoms with Crippen molar-refractivity contribution in [2.24, 2.45) is 0 Å². The van der Waals surface area contributed by atoms with Gasteiger partial charge in [-0.05, 0) is 43.5 Å². The zero-order chi connectivity index (χ0) is 9.84. The molecule has 1 radical (unpaired) electrons. The molecule has 0 amide bonds. The molecule has 0 aliphatic rings. The van der Waals surface area contributed by atoms with Crippen LogP contribution in [0.15, 0.2) is 18.2 Å². The summed E-state index contributed by atoms with van der Waals surface area (Å²) < 4.78 is 0. The highest BCUT2D eigenvalue weighted by Gasteiger charge is 2.03. The summed E-state index contributed by atoms with van der Waals surface area (Å²) in [5, 5.41) is 10.4. The van der Waals surface area contributed by atoms with Crippen LogP contribution in [0.2, 0.25) is 10.0 Å². The van der Waals surface area contributed by atoms with Crippen LogP contribution in [-0.4, -0.2) is 11.2 Å². The molecule has 0 fully saturated rings. The van der Waals surface area contributed by atoms with Crippen molar-refractivity contribution >= 4 is 23.2 Å². The van der Waals surface area contributed by atoms with Crippen LogP contribution in [0.4, 0.5) is 0 Å². The third-order valence-corrected chi connectivity index (χ3v) is 2.22. The number of halogens is 2. The summed E-state index contributed by atoms with van der Waals surface area (Å²) in [6, 6.07) is 5.27. The molecule has 13 heavy (non-hydrogen) atoms. The highest BCUT2D eigenvalue weighted by Crippen LogP contribution is 2.23. The van der Waals surface area contributed by atoms with Crippen LogP contribution < -0.4 is 0 Å². The zero-order valence-electron chi connectivity index (χ0n) is 7.30. The molecule has 0 heterocycles. The molecule has 1 unspecified atom stereocenters. The Balaban J connectivity index is 2.70. The molecule has 1 rings (SSSR count). The summed E-state index contributed by atoms with van der Waals surface area (Å²) >= 11 is 11.7. The quantitative estimate of drug-likeness (QED) is 0.824. The SMILES string of the molecule is CC(O)C[CH]c1cc(Cl)ccc1Cl. The van der Waals surface area contributed by atoms with Crippen LogP contribution in [0.5, 0.6) is 0 Å². The maximum atomic E-state index is 9.07. The van der Waals surface area contributed by atoms with E-state index in [9.17, 15) is 0 Å². The molecule has 1 nitrogen and oxygen atoms in total. The van der Waals surface area contributed by atoms with Gasteiger partial charge in [0.05, 0.1) is 6.10 Å². The van der Waals surface area contributed by atoms with Crippen molar-refractivity contribution in [3.63, 3.8) is 0 Å². The Bertz CT molecular complexity index is 284. The first-order valence-corrected chi connectivity index (χ1v) is 4.81. The van der Waals surface area contributed by atoms with Gasteiger partial charge in [0.25, 0.3) is 0 Å². The summed E-state index contributed by atoms with van der Waals surface area (Å²) in [5.74, 6) is 0. The van der Waals surface area contributed by atoms with Crippen molar-refractivity contribution in [2.75, 3.05) is 0 Å². The van der Waals surface area contributed by atoms with E-state index in [0.29, 0.717) is 16.5 Å². The number of hydrogen-bond donors (Lipinski definition) is 1. The van der Waals surface area contributed by atoms with Gasteiger partial charge >= 0.3 is 0 Å². The Labute approximate surface area is 88.3 Å². The van der Waals surface area contributed by atoms with Crippen molar-refractivity contribution in [1.29, 1.82) is 0 Å². The van der Waals surface area contributed by atoms with Gasteiger partial charge in [-0.2, -0.15) is 0 Å². The van der Waals surface area contributed by atoms with E-state index in [1.807, 2.05) is 6.42 Å². The normalized spacial score (nSPS) is 12.9. The minimum absolute atomic E-state index is 0.352. The van der Waals surface area contributed by atoms with E-state index >= 15 is 0 Å². The third kappa shape index (κ3) is 3.55. The van der Waals surface area contributed by atoms with E-state index in [1.54, 1.807) is 25.1 Å². The van der Waals surface area contributed by atoms with Gasteiger partial charge in [-0.1, -0.05) is 23.2 Å². The minimum atomic E-state index is -0.352. The average molecular weight is 218 g/mol. The van der Waals surface area contributed by atoms with Crippen LogP contribution in [0, 0.1) is 6.42 Å². The maximum Gasteiger partial charge on any atom is 0.0518 e. The lowest BCUT2D eigenvalue weighted by Gasteiger charge is -2.05. The van der Waals surface area contributed by atoms with Crippen molar-refractivity contribution in [3.8, 4) is 0 Å². The molecular weight excluding hydrogens is 207 g/mol. The molecule has 0 saturated carbocycles. The Morgan fingerprint density at radius 1 is 1.46 bits per heavy atom. The summed E-state index contributed by atoms with van der Waals surface area (Å²) in [5.41, 5.74) is 0.870. The van der Waals surface area contributed by atoms with E-state index in [4.69, 9.17) is 28.3 Å². The van der Waals surface area contributed by atoms with Crippen LogP contribution in [0.1, 0.15) is 18.9 Å². The summed E-state index contributed by atoms with van der Waals surface area (Å²) in [7, 11) is 0. The summed E-state index contributed by atoms with van der Waals surface area (Å²) in [6.45, 7) is 1.73. The molecule has 3 heteroatoms. The second-order valence-corrected chi connectivity index (χ2v) is 3.80. The third-order valence-electron chi connectivity index (χ3n) is 1.64. The lowest BCUT2D eigenvalue weighted by molar-refractivity contribution is 0.195. The monoisotopic (exact) mass is 217 g/mol. The van der Waals surface area contributed by atoms with Crippen LogP contribution in [0.25, 0.3) is 0 Å². The van der Waals surface area contributed by atoms with Crippen molar-refractivity contribution < 1.29 is 5.11 Å². The summed E-state index contributed by atoms with van der Waals surface area (Å²) in [4.78, 5) is 0. The highest BCUT2D eigenvalue weighted by atomic mass is 35.5. The fraction of sp³-hybridized carbons (Fsp3) is 0.300. The molecule has 1 N–H and O–H groups in total. The highest BCUT2D eigenvalue weighted by molar-refractivity contribution is 6.33. The van der Waals surface area contributed by atoms with E-state index < -0.39 is 0 Å². The predicted molar refractivity (Wildman–Crippen MR) is 56.2 cm³/mol. The molecule has 0 saturated heterocycles. The second-order valence-electron chi connectivity index (χ2n) is 2.95. The molecule has 1 aromatic rings. The topological polar surface area (TPSA) is 20.2 Å². The van der Waals surface area contributed by atoms with Crippen LogP contribution in [-0.2, 0) is 0 Å². The Kier molecular flexibility index (Phi) is 4.04. The van der Waals surface area contributed by atoms with Gasteiger partial charge in [-0.3, -0.25) is 0 Å². The van der Waals surface area contributed by atoms with Gasteiger partial charge in [0.1, 0.15) is 0 Å². The van der Waals surface area contributed by atoms with Crippen LogP contribution in [0.3, 0.4) is 0 Å². The lowest BCUT2D eigenvalue weighted by Crippen LogP contribution is -1.99. The number of hydrogen-bond acceptors (Lipinski definition) is 1. The number of rotatable bonds is 3. The number of aliphatic hydroxyl groups excluding tert-OH is 1. The average Bonchev–Trinajstić information content (AvgIpc) is 2.06. The molecule has 0 aliphatic heterocycles. The van der Waals surface area contributed by atoms with E-state index in [-0.39, 0.29) is 6.10 Å². The molecule has 0 aromatic heterocycles. The number of aliphatic hydroxyl groups is 1. The van der Waals surface area contributed by atoms with Crippen molar-refractivity contribution in [3.05, 3.63) is 40.2 Å². The first kappa shape index (κ1) is 10.8. The number of benzene rings is 1. The molecule has 1 aromatic carbocycles. The molecule has 0 spiro atoms. The molecule has 71 valence electrons. The van der Waals surface area contributed by atoms with Crippen molar-refractivity contribution in [1.82, 2.24) is 0 Å². The van der Waals surface area contributed by atoms with Gasteiger partial charge in [-0.25, -0.2) is 0 Å². The van der Waals surface area contributed by atoms with Crippen molar-refractivity contribution in [2.45, 2.75) is 19.4 Å². The van der Waals surface area contributed by atoms with Gasteiger partial charge in [-0.15, -0.1) is 0 Å². The largest absolute Gasteiger partial charge is 0.393 e. The minimum Gasteiger partial charge on any atom is -0.393 e. The molecule has 0 bridgehead atoms. The second kappa shape index (κ2) is 4.85. The van der Waals surface area contributed by atoms with Gasteiger partial charge in [0, 0.05) is 10.0 Å². The fourth-order valence-electron chi connectivity index (χ4n) is 0.969. The van der Waals surface area contributed by atoms with E-state index in [0.717, 1.165) is 5.56 Å². The van der Waals surface area contributed by atoms with Gasteiger partial charge in [0.15, 0.2) is 0 Å². The van der Waals surface area contributed by atoms with Crippen LogP contribution >= 0.6 is 23.2 Å². The summed E-state index contributed by atoms with van der Waals surface area (Å²) in [6.07, 6.45) is 2.11. The smallest absolute Gasteiger partial charge is 0.0518 e. The molecule has 0 aliphatic carbocycles. The Morgan fingerprint density at radius 2 is 2.15 bits per heavy atom. The first-order valence-electron chi connectivity index (χ1n) is 4.06. The van der Waals surface area contributed by atoms with E-state index in [1.165, 1.54) is 0 Å². The molecular formula is C10H11Cl2O. The fourth-order valence-corrected chi connectivity index (χ4v) is 1.34. The van der Waals surface area contributed by atoms with Gasteiger partial charge < -0.3 is 5.11 Å². The standard InChI is InChI=1S/C10H11Cl2O/c1-7(13)2-3-8-6-9(11)4-5-10(8)12/h3-7,13H,2H2,1H3. The maximum absolute atomic E-state index is 9.07. The first-order chi connectivity index (χ1) is 6.09. The Hall–Kier alpha value is -0.240.